The molecule has 0 spiro atoms. The summed E-state index contributed by atoms with van der Waals surface area (Å²) in [6, 6.07) is 10.5. The minimum atomic E-state index is -0.109. The summed E-state index contributed by atoms with van der Waals surface area (Å²) in [5.74, 6) is 0. The second-order valence-electron chi connectivity index (χ2n) is 2.64. The first kappa shape index (κ1) is 9.55. The van der Waals surface area contributed by atoms with E-state index in [0.717, 1.165) is 11.9 Å². The first-order chi connectivity index (χ1) is 5.93. The third-order valence-electron chi connectivity index (χ3n) is 1.64. The molecule has 0 aromatic heterocycles. The van der Waals surface area contributed by atoms with E-state index >= 15 is 0 Å². The van der Waals surface area contributed by atoms with Gasteiger partial charge in [0.1, 0.15) is 0 Å². The molecule has 0 radical (unpaired) electrons. The first-order valence-corrected chi connectivity index (χ1v) is 6.53. The van der Waals surface area contributed by atoms with Gasteiger partial charge in [0.25, 0.3) is 0 Å². The van der Waals surface area contributed by atoms with Crippen LogP contribution in [0.15, 0.2) is 42.1 Å². The highest BCUT2D eigenvalue weighted by atomic mass is 35.5. The number of hydrogen-bond acceptors (Lipinski definition) is 0. The molecule has 0 aliphatic rings. The summed E-state index contributed by atoms with van der Waals surface area (Å²) in [4.78, 5) is 0. The predicted octanol–water partition coefficient (Wildman–Crippen LogP) is 2.11. The van der Waals surface area contributed by atoms with Crippen molar-refractivity contribution in [3.63, 3.8) is 0 Å². The molecule has 1 rings (SSSR count). The fraction of sp³-hybridized carbons (Fsp3) is 0.200. The second kappa shape index (κ2) is 6.04. The molecule has 2 heteroatoms. The Bertz CT molecular complexity index is 231. The van der Waals surface area contributed by atoms with Crippen LogP contribution in [0.3, 0.4) is 0 Å². The maximum Gasteiger partial charge on any atom is 0.0618 e. The lowest BCUT2D eigenvalue weighted by Gasteiger charge is -1.93. The van der Waals surface area contributed by atoms with Gasteiger partial charge >= 0.3 is 0 Å². The zero-order valence-electron chi connectivity index (χ0n) is 7.04. The average molecular weight is 197 g/mol. The smallest absolute Gasteiger partial charge is 0.0618 e. The van der Waals surface area contributed by atoms with Gasteiger partial charge in [-0.25, -0.2) is 0 Å². The number of benzene rings is 1. The molecule has 12 heavy (non-hydrogen) atoms. The maximum atomic E-state index is 5.59. The summed E-state index contributed by atoms with van der Waals surface area (Å²) >= 11 is 5.59. The molecule has 1 aromatic rings. The fourth-order valence-corrected chi connectivity index (χ4v) is 1.92. The van der Waals surface area contributed by atoms with Gasteiger partial charge in [-0.3, -0.25) is 0 Å². The van der Waals surface area contributed by atoms with E-state index in [0.29, 0.717) is 0 Å². The van der Waals surface area contributed by atoms with Crippen molar-refractivity contribution >= 4 is 21.1 Å². The number of rotatable bonds is 4. The van der Waals surface area contributed by atoms with Gasteiger partial charge in [0.2, 0.25) is 0 Å². The predicted molar refractivity (Wildman–Crippen MR) is 58.6 cm³/mol. The third kappa shape index (κ3) is 3.74. The Hall–Kier alpha value is -0.533. The molecule has 0 fully saturated rings. The van der Waals surface area contributed by atoms with Crippen LogP contribution in [0.25, 0.3) is 0 Å². The minimum Gasteiger partial charge on any atom is -0.130 e. The van der Waals surface area contributed by atoms with E-state index in [1.54, 1.807) is 0 Å². The van der Waals surface area contributed by atoms with E-state index in [4.69, 9.17) is 11.6 Å². The Morgan fingerprint density at radius 2 is 2.00 bits per heavy atom. The minimum absolute atomic E-state index is 0.109. The molecule has 64 valence electrons. The van der Waals surface area contributed by atoms with Crippen molar-refractivity contribution < 1.29 is 0 Å². The number of alkyl halides is 1. The molecule has 0 unspecified atom stereocenters. The van der Waals surface area contributed by atoms with Crippen LogP contribution in [-0.2, 0) is 6.42 Å². The van der Waals surface area contributed by atoms with Crippen molar-refractivity contribution in [3.05, 3.63) is 47.7 Å². The Morgan fingerprint density at radius 1 is 1.25 bits per heavy atom. The molecule has 0 bridgehead atoms. The van der Waals surface area contributed by atoms with Gasteiger partial charge in [0.05, 0.1) is 9.52 Å². The van der Waals surface area contributed by atoms with Crippen molar-refractivity contribution in [1.29, 1.82) is 0 Å². The lowest BCUT2D eigenvalue weighted by atomic mass is 10.2. The van der Waals surface area contributed by atoms with Crippen LogP contribution < -0.4 is 0 Å². The van der Waals surface area contributed by atoms with E-state index in [-0.39, 0.29) is 9.52 Å². The molecule has 0 aliphatic heterocycles. The topological polar surface area (TPSA) is 0 Å². The van der Waals surface area contributed by atoms with Crippen LogP contribution in [0.5, 0.6) is 0 Å². The largest absolute Gasteiger partial charge is 0.130 e. The van der Waals surface area contributed by atoms with Gasteiger partial charge in [0, 0.05) is 5.50 Å². The van der Waals surface area contributed by atoms with Crippen LogP contribution in [-0.4, -0.2) is 15.0 Å². The highest BCUT2D eigenvalue weighted by molar-refractivity contribution is 6.54. The summed E-state index contributed by atoms with van der Waals surface area (Å²) in [5.41, 5.74) is 4.49. The summed E-state index contributed by atoms with van der Waals surface area (Å²) in [5, 5.41) is 0. The van der Waals surface area contributed by atoms with E-state index in [1.807, 2.05) is 6.07 Å². The van der Waals surface area contributed by atoms with E-state index < -0.39 is 0 Å². The van der Waals surface area contributed by atoms with Crippen LogP contribution in [0, 0.1) is 0 Å². The normalized spacial score (nSPS) is 11.8. The Balaban J connectivity index is 2.33. The van der Waals surface area contributed by atoms with E-state index in [2.05, 4.69) is 36.0 Å². The standard InChI is InChI=1S/C10H13ClSi/c11-9-12-8-4-7-10-5-2-1-3-6-10/h1-6,8H,7,9,12H2. The van der Waals surface area contributed by atoms with Gasteiger partial charge in [-0.2, -0.15) is 0 Å². The molecule has 0 saturated heterocycles. The number of hydrogen-bond donors (Lipinski definition) is 0. The zero-order valence-corrected chi connectivity index (χ0v) is 9.21. The van der Waals surface area contributed by atoms with Gasteiger partial charge < -0.3 is 0 Å². The number of halogens is 1. The lowest BCUT2D eigenvalue weighted by molar-refractivity contribution is 1.27. The zero-order chi connectivity index (χ0) is 8.65. The second-order valence-corrected chi connectivity index (χ2v) is 5.20. The van der Waals surface area contributed by atoms with Crippen molar-refractivity contribution in [2.75, 3.05) is 5.50 Å². The molecule has 0 heterocycles. The Labute approximate surface area is 81.1 Å². The third-order valence-corrected chi connectivity index (χ3v) is 3.18. The van der Waals surface area contributed by atoms with Gasteiger partial charge in [0.15, 0.2) is 0 Å². The molecule has 0 aliphatic carbocycles. The maximum absolute atomic E-state index is 5.59. The van der Waals surface area contributed by atoms with Gasteiger partial charge in [-0.05, 0) is 12.0 Å². The summed E-state index contributed by atoms with van der Waals surface area (Å²) in [6.45, 7) is 0. The number of allylic oxidation sites excluding steroid dienone is 1. The summed E-state index contributed by atoms with van der Waals surface area (Å²) in [7, 11) is -0.109. The molecule has 0 N–H and O–H groups in total. The average Bonchev–Trinajstić information content (AvgIpc) is 2.14. The van der Waals surface area contributed by atoms with Crippen molar-refractivity contribution in [2.24, 2.45) is 0 Å². The van der Waals surface area contributed by atoms with Gasteiger partial charge in [-0.1, -0.05) is 36.4 Å². The highest BCUT2D eigenvalue weighted by Crippen LogP contribution is 1.99. The van der Waals surface area contributed by atoms with Crippen LogP contribution in [0.2, 0.25) is 0 Å². The molecule has 0 saturated carbocycles. The monoisotopic (exact) mass is 196 g/mol. The lowest BCUT2D eigenvalue weighted by Crippen LogP contribution is -1.86. The van der Waals surface area contributed by atoms with Gasteiger partial charge in [-0.15, -0.1) is 17.3 Å². The molecule has 0 nitrogen and oxygen atoms in total. The fourth-order valence-electron chi connectivity index (χ4n) is 1.01. The SMILES string of the molecule is ClC[SiH2]C=CCc1ccccc1. The summed E-state index contributed by atoms with van der Waals surface area (Å²) in [6.07, 6.45) is 3.27. The van der Waals surface area contributed by atoms with Crippen molar-refractivity contribution in [3.8, 4) is 0 Å². The molecule has 0 amide bonds. The molecule has 0 atom stereocenters. The van der Waals surface area contributed by atoms with E-state index in [1.165, 1.54) is 5.56 Å². The van der Waals surface area contributed by atoms with Crippen LogP contribution >= 0.6 is 11.6 Å². The Kier molecular flexibility index (Phi) is 4.81. The van der Waals surface area contributed by atoms with Crippen LogP contribution in [0.1, 0.15) is 5.56 Å². The highest BCUT2D eigenvalue weighted by Gasteiger charge is 1.84. The quantitative estimate of drug-likeness (QED) is 0.511. The van der Waals surface area contributed by atoms with Crippen LogP contribution in [0.4, 0.5) is 0 Å². The Morgan fingerprint density at radius 3 is 2.67 bits per heavy atom. The first-order valence-electron chi connectivity index (χ1n) is 4.18. The molecular formula is C10H13ClSi. The van der Waals surface area contributed by atoms with Crippen molar-refractivity contribution in [1.82, 2.24) is 0 Å². The van der Waals surface area contributed by atoms with Crippen molar-refractivity contribution in [2.45, 2.75) is 6.42 Å². The molecule has 1 aromatic carbocycles. The van der Waals surface area contributed by atoms with E-state index in [9.17, 15) is 0 Å². The summed E-state index contributed by atoms with van der Waals surface area (Å²) < 4.78 is 0. The molecular weight excluding hydrogens is 184 g/mol.